The van der Waals surface area contributed by atoms with Gasteiger partial charge in [0.15, 0.2) is 5.78 Å². The number of fused-ring (bicyclic) bond motifs is 2. The summed E-state index contributed by atoms with van der Waals surface area (Å²) in [6.07, 6.45) is 2.34. The molecule has 2 aliphatic heterocycles. The van der Waals surface area contributed by atoms with Crippen LogP contribution >= 0.6 is 23.4 Å². The van der Waals surface area contributed by atoms with E-state index in [9.17, 15) is 9.59 Å². The monoisotopic (exact) mass is 595 g/mol. The van der Waals surface area contributed by atoms with Crippen LogP contribution in [0.4, 0.5) is 11.4 Å². The molecular formula is C35H34ClN3O2S. The number of Topliss-reactive ketones (excluding diaryl/α,β-unsaturated/α-hetero) is 1. The van der Waals surface area contributed by atoms with Gasteiger partial charge in [-0.15, -0.1) is 0 Å². The van der Waals surface area contributed by atoms with Crippen LogP contribution in [0.2, 0.25) is 5.02 Å². The van der Waals surface area contributed by atoms with Crippen molar-refractivity contribution in [3.63, 3.8) is 0 Å². The van der Waals surface area contributed by atoms with E-state index in [2.05, 4.69) is 40.1 Å². The second-order valence-electron chi connectivity index (χ2n) is 10.8. The van der Waals surface area contributed by atoms with Crippen molar-refractivity contribution in [3.05, 3.63) is 119 Å². The normalized spacial score (nSPS) is 15.2. The number of hydrogen-bond acceptors (Lipinski definition) is 5. The number of para-hydroxylation sites is 1. The van der Waals surface area contributed by atoms with Crippen LogP contribution in [0.1, 0.15) is 45.5 Å². The van der Waals surface area contributed by atoms with E-state index in [1.54, 1.807) is 16.7 Å². The van der Waals surface area contributed by atoms with Gasteiger partial charge in [0.2, 0.25) is 0 Å². The molecule has 0 spiro atoms. The fourth-order valence-corrected chi connectivity index (χ4v) is 6.97. The van der Waals surface area contributed by atoms with Gasteiger partial charge >= 0.3 is 0 Å². The number of ketones is 1. The van der Waals surface area contributed by atoms with Crippen molar-refractivity contribution in [2.75, 3.05) is 42.5 Å². The number of rotatable bonds is 9. The summed E-state index contributed by atoms with van der Waals surface area (Å²) in [5, 5.41) is 0.631. The number of nitrogens with zero attached hydrogens (tertiary/aromatic N) is 3. The molecule has 214 valence electrons. The van der Waals surface area contributed by atoms with Crippen LogP contribution in [0.15, 0.2) is 107 Å². The average Bonchev–Trinajstić information content (AvgIpc) is 3.14. The first-order valence-corrected chi connectivity index (χ1v) is 15.8. The molecule has 0 aromatic heterocycles. The van der Waals surface area contributed by atoms with E-state index in [1.165, 1.54) is 5.69 Å². The second kappa shape index (κ2) is 13.2. The molecule has 0 saturated carbocycles. The Morgan fingerprint density at radius 2 is 1.57 bits per heavy atom. The van der Waals surface area contributed by atoms with E-state index < -0.39 is 0 Å². The Bertz CT molecular complexity index is 1570. The highest BCUT2D eigenvalue weighted by atomic mass is 35.5. The predicted molar refractivity (Wildman–Crippen MR) is 172 cm³/mol. The van der Waals surface area contributed by atoms with E-state index in [4.69, 9.17) is 11.6 Å². The summed E-state index contributed by atoms with van der Waals surface area (Å²) < 4.78 is 0. The summed E-state index contributed by atoms with van der Waals surface area (Å²) in [4.78, 5) is 35.7. The first-order valence-electron chi connectivity index (χ1n) is 14.6. The first-order chi connectivity index (χ1) is 20.5. The van der Waals surface area contributed by atoms with Crippen LogP contribution < -0.4 is 9.80 Å². The molecule has 2 aliphatic rings. The minimum absolute atomic E-state index is 0.0752. The Kier molecular flexibility index (Phi) is 8.94. The molecule has 0 bridgehead atoms. The van der Waals surface area contributed by atoms with Gasteiger partial charge in [-0.3, -0.25) is 14.5 Å². The summed E-state index contributed by atoms with van der Waals surface area (Å²) in [5.74, 6) is 0.0439. The molecule has 1 amide bonds. The molecule has 6 rings (SSSR count). The van der Waals surface area contributed by atoms with Crippen LogP contribution in [0.25, 0.3) is 0 Å². The molecule has 4 aromatic carbocycles. The maximum Gasteiger partial charge on any atom is 0.259 e. The maximum atomic E-state index is 13.8. The van der Waals surface area contributed by atoms with Gasteiger partial charge in [0.1, 0.15) is 0 Å². The summed E-state index contributed by atoms with van der Waals surface area (Å²) >= 11 is 7.84. The smallest absolute Gasteiger partial charge is 0.259 e. The number of carbonyl (C=O) groups excluding carboxylic acids is 2. The van der Waals surface area contributed by atoms with Crippen molar-refractivity contribution >= 4 is 46.4 Å². The van der Waals surface area contributed by atoms with Crippen molar-refractivity contribution in [2.45, 2.75) is 35.6 Å². The zero-order valence-electron chi connectivity index (χ0n) is 23.5. The van der Waals surface area contributed by atoms with Crippen molar-refractivity contribution in [3.8, 4) is 0 Å². The molecule has 2 heterocycles. The molecule has 0 atom stereocenters. The number of amides is 1. The van der Waals surface area contributed by atoms with E-state index in [0.717, 1.165) is 66.6 Å². The summed E-state index contributed by atoms with van der Waals surface area (Å²) in [6, 6.07) is 31.7. The zero-order chi connectivity index (χ0) is 28.9. The summed E-state index contributed by atoms with van der Waals surface area (Å²) in [6.45, 7) is 5.54. The lowest BCUT2D eigenvalue weighted by atomic mass is 10.0. The average molecular weight is 596 g/mol. The highest BCUT2D eigenvalue weighted by Gasteiger charge is 2.28. The van der Waals surface area contributed by atoms with E-state index in [1.807, 2.05) is 66.7 Å². The van der Waals surface area contributed by atoms with E-state index >= 15 is 0 Å². The van der Waals surface area contributed by atoms with Crippen molar-refractivity contribution < 1.29 is 9.59 Å². The molecule has 4 aromatic rings. The molecule has 0 radical (unpaired) electrons. The lowest BCUT2D eigenvalue weighted by molar-refractivity contribution is 0.0968. The predicted octanol–water partition coefficient (Wildman–Crippen LogP) is 7.83. The topological polar surface area (TPSA) is 43.9 Å². The fourth-order valence-electron chi connectivity index (χ4n) is 5.70. The Morgan fingerprint density at radius 1 is 0.786 bits per heavy atom. The molecule has 7 heteroatoms. The lowest BCUT2D eigenvalue weighted by Gasteiger charge is -2.36. The lowest BCUT2D eigenvalue weighted by Crippen LogP contribution is -2.46. The number of halogens is 1. The Labute approximate surface area is 257 Å². The van der Waals surface area contributed by atoms with Crippen LogP contribution in [0.5, 0.6) is 0 Å². The van der Waals surface area contributed by atoms with E-state index in [0.29, 0.717) is 29.1 Å². The number of anilines is 2. The third-order valence-electron chi connectivity index (χ3n) is 8.01. The molecule has 1 saturated heterocycles. The molecular weight excluding hydrogens is 562 g/mol. The van der Waals surface area contributed by atoms with Crippen LogP contribution in [-0.2, 0) is 6.54 Å². The van der Waals surface area contributed by atoms with Crippen LogP contribution in [0, 0.1) is 0 Å². The largest absolute Gasteiger partial charge is 0.369 e. The fraction of sp³-hybridized carbons (Fsp3) is 0.257. The molecule has 0 N–H and O–H groups in total. The molecule has 5 nitrogen and oxygen atoms in total. The summed E-state index contributed by atoms with van der Waals surface area (Å²) in [5.41, 5.74) is 4.31. The summed E-state index contributed by atoms with van der Waals surface area (Å²) in [7, 11) is 0. The Balaban J connectivity index is 1.10. The standard InChI is InChI=1S/C35H34ClN3O2S/c36-28-10-8-9-26(23-28)25-39-31-24-27(16-17-34(31)42-33-15-5-4-13-30(33)35(39)41)32(40)14-6-7-18-37-19-21-38(22-20-37)29-11-2-1-3-12-29/h1-5,8-13,15-17,23-24H,6-7,14,18-22,25H2. The molecule has 0 aliphatic carbocycles. The van der Waals surface area contributed by atoms with Gasteiger partial charge in [-0.2, -0.15) is 0 Å². The minimum atomic E-state index is -0.0752. The minimum Gasteiger partial charge on any atom is -0.369 e. The number of hydrogen-bond donors (Lipinski definition) is 0. The van der Waals surface area contributed by atoms with Gasteiger partial charge in [-0.25, -0.2) is 0 Å². The third kappa shape index (κ3) is 6.57. The van der Waals surface area contributed by atoms with Gasteiger partial charge in [0, 0.05) is 58.7 Å². The van der Waals surface area contributed by atoms with Crippen LogP contribution in [-0.4, -0.2) is 49.3 Å². The van der Waals surface area contributed by atoms with Gasteiger partial charge in [0.25, 0.3) is 5.91 Å². The number of benzene rings is 4. The Morgan fingerprint density at radius 3 is 2.38 bits per heavy atom. The molecule has 1 fully saturated rings. The number of piperazine rings is 1. The first kappa shape index (κ1) is 28.5. The van der Waals surface area contributed by atoms with Gasteiger partial charge < -0.3 is 9.80 Å². The van der Waals surface area contributed by atoms with Gasteiger partial charge in [0.05, 0.1) is 17.8 Å². The van der Waals surface area contributed by atoms with Crippen molar-refractivity contribution in [2.24, 2.45) is 0 Å². The van der Waals surface area contributed by atoms with Gasteiger partial charge in [-0.05, 0) is 73.5 Å². The zero-order valence-corrected chi connectivity index (χ0v) is 25.1. The molecule has 0 unspecified atom stereocenters. The highest BCUT2D eigenvalue weighted by Crippen LogP contribution is 2.42. The number of unbranched alkanes of at least 4 members (excludes halogenated alkanes) is 1. The molecule has 42 heavy (non-hydrogen) atoms. The van der Waals surface area contributed by atoms with E-state index in [-0.39, 0.29) is 11.7 Å². The Hall–Kier alpha value is -3.58. The van der Waals surface area contributed by atoms with Crippen molar-refractivity contribution in [1.82, 2.24) is 4.90 Å². The van der Waals surface area contributed by atoms with Crippen LogP contribution in [0.3, 0.4) is 0 Å². The van der Waals surface area contributed by atoms with Crippen molar-refractivity contribution in [1.29, 1.82) is 0 Å². The maximum absolute atomic E-state index is 13.8. The highest BCUT2D eigenvalue weighted by molar-refractivity contribution is 7.99. The quantitative estimate of drug-likeness (QED) is 0.146. The third-order valence-corrected chi connectivity index (χ3v) is 9.38. The number of carbonyl (C=O) groups is 2. The SMILES string of the molecule is O=C(CCCCN1CCN(c2ccccc2)CC1)c1ccc2c(c1)N(Cc1cccc(Cl)c1)C(=O)c1ccccc1S2. The second-order valence-corrected chi connectivity index (χ2v) is 12.4. The van der Waals surface area contributed by atoms with Gasteiger partial charge in [-0.1, -0.05) is 71.9 Å².